The third kappa shape index (κ3) is 3.51. The number of pyridine rings is 1. The molecule has 1 unspecified atom stereocenters. The summed E-state index contributed by atoms with van der Waals surface area (Å²) < 4.78 is 1.04. The van der Waals surface area contributed by atoms with Crippen LogP contribution in [0.3, 0.4) is 0 Å². The molecule has 1 aromatic heterocycles. The van der Waals surface area contributed by atoms with E-state index in [2.05, 4.69) is 61.5 Å². The highest BCUT2D eigenvalue weighted by Gasteiger charge is 2.25. The molecule has 1 N–H and O–H groups in total. The molecule has 3 rings (SSSR count). The Morgan fingerprint density at radius 3 is 2.86 bits per heavy atom. The number of nitrogens with zero attached hydrogens (tertiary/aromatic N) is 2. The van der Waals surface area contributed by atoms with Crippen LogP contribution in [-0.2, 0) is 19.5 Å². The zero-order chi connectivity index (χ0) is 14.7. The van der Waals surface area contributed by atoms with Gasteiger partial charge in [-0.2, -0.15) is 0 Å². The first kappa shape index (κ1) is 14.7. The first-order chi connectivity index (χ1) is 10.3. The van der Waals surface area contributed by atoms with E-state index in [-0.39, 0.29) is 0 Å². The Bertz CT molecular complexity index is 614. The van der Waals surface area contributed by atoms with Gasteiger partial charge in [0.05, 0.1) is 0 Å². The van der Waals surface area contributed by atoms with Gasteiger partial charge >= 0.3 is 0 Å². The summed E-state index contributed by atoms with van der Waals surface area (Å²) in [5, 5.41) is 3.33. The molecule has 1 aliphatic rings. The zero-order valence-corrected chi connectivity index (χ0v) is 13.8. The molecule has 2 heterocycles. The first-order valence-electron chi connectivity index (χ1n) is 7.31. The molecule has 21 heavy (non-hydrogen) atoms. The number of hydrogen-bond acceptors (Lipinski definition) is 3. The van der Waals surface area contributed by atoms with Crippen molar-refractivity contribution in [1.82, 2.24) is 15.2 Å². The van der Waals surface area contributed by atoms with E-state index in [0.29, 0.717) is 6.04 Å². The van der Waals surface area contributed by atoms with E-state index in [0.717, 1.165) is 30.5 Å². The number of halogens is 1. The van der Waals surface area contributed by atoms with Crippen molar-refractivity contribution in [2.24, 2.45) is 0 Å². The molecule has 4 heteroatoms. The van der Waals surface area contributed by atoms with Gasteiger partial charge < -0.3 is 5.32 Å². The van der Waals surface area contributed by atoms with E-state index < -0.39 is 0 Å². The van der Waals surface area contributed by atoms with E-state index in [4.69, 9.17) is 0 Å². The van der Waals surface area contributed by atoms with Gasteiger partial charge in [-0.25, -0.2) is 0 Å². The molecule has 0 fully saturated rings. The molecule has 0 spiro atoms. The maximum absolute atomic E-state index is 4.28. The van der Waals surface area contributed by atoms with Crippen LogP contribution < -0.4 is 5.32 Å². The molecule has 3 nitrogen and oxygen atoms in total. The summed E-state index contributed by atoms with van der Waals surface area (Å²) in [6, 6.07) is 11.5. The minimum atomic E-state index is 0.531. The average molecular weight is 346 g/mol. The van der Waals surface area contributed by atoms with Crippen LogP contribution in [0.25, 0.3) is 0 Å². The second kappa shape index (κ2) is 6.69. The Labute approximate surface area is 134 Å². The molecule has 0 saturated heterocycles. The summed E-state index contributed by atoms with van der Waals surface area (Å²) in [5.74, 6) is 0. The molecule has 0 saturated carbocycles. The van der Waals surface area contributed by atoms with Crippen molar-refractivity contribution in [2.45, 2.75) is 25.6 Å². The van der Waals surface area contributed by atoms with Crippen molar-refractivity contribution < 1.29 is 0 Å². The Morgan fingerprint density at radius 2 is 2.10 bits per heavy atom. The predicted octanol–water partition coefficient (Wildman–Crippen LogP) is 2.99. The smallest absolute Gasteiger partial charge is 0.0410 e. The van der Waals surface area contributed by atoms with Gasteiger partial charge in [-0.3, -0.25) is 9.88 Å². The zero-order valence-electron chi connectivity index (χ0n) is 12.2. The Hall–Kier alpha value is -1.23. The van der Waals surface area contributed by atoms with E-state index >= 15 is 0 Å². The Kier molecular flexibility index (Phi) is 4.68. The van der Waals surface area contributed by atoms with Crippen molar-refractivity contribution in [1.29, 1.82) is 0 Å². The fraction of sp³-hybridized carbons (Fsp3) is 0.353. The van der Waals surface area contributed by atoms with Crippen molar-refractivity contribution in [2.75, 3.05) is 13.6 Å². The third-order valence-electron chi connectivity index (χ3n) is 4.05. The second-order valence-corrected chi connectivity index (χ2v) is 6.52. The lowest BCUT2D eigenvalue weighted by Gasteiger charge is -2.37. The standard InChI is InChI=1S/C17H20BrN3/c1-19-10-17-7-14-4-2-3-5-15(14)12-21(17)11-13-6-16(18)9-20-8-13/h2-6,8-9,17,19H,7,10-12H2,1H3. The maximum atomic E-state index is 4.28. The topological polar surface area (TPSA) is 28.2 Å². The Morgan fingerprint density at radius 1 is 1.29 bits per heavy atom. The van der Waals surface area contributed by atoms with Crippen LogP contribution in [-0.4, -0.2) is 29.5 Å². The van der Waals surface area contributed by atoms with Crippen LogP contribution in [0.1, 0.15) is 16.7 Å². The molecule has 0 aliphatic carbocycles. The lowest BCUT2D eigenvalue weighted by molar-refractivity contribution is 0.161. The van der Waals surface area contributed by atoms with Crippen LogP contribution >= 0.6 is 15.9 Å². The van der Waals surface area contributed by atoms with E-state index in [1.54, 1.807) is 0 Å². The first-order valence-corrected chi connectivity index (χ1v) is 8.10. The van der Waals surface area contributed by atoms with Gasteiger partial charge in [-0.05, 0) is 52.2 Å². The maximum Gasteiger partial charge on any atom is 0.0410 e. The van der Waals surface area contributed by atoms with E-state index in [9.17, 15) is 0 Å². The largest absolute Gasteiger partial charge is 0.318 e. The monoisotopic (exact) mass is 345 g/mol. The third-order valence-corrected chi connectivity index (χ3v) is 4.48. The highest BCUT2D eigenvalue weighted by atomic mass is 79.9. The molecule has 0 bridgehead atoms. The molecule has 1 aromatic carbocycles. The normalized spacial score (nSPS) is 18.5. The highest BCUT2D eigenvalue weighted by molar-refractivity contribution is 9.10. The number of nitrogens with one attached hydrogen (secondary N) is 1. The Balaban J connectivity index is 1.82. The van der Waals surface area contributed by atoms with Gasteiger partial charge in [0.15, 0.2) is 0 Å². The second-order valence-electron chi connectivity index (χ2n) is 5.60. The van der Waals surface area contributed by atoms with Gasteiger partial charge in [0.2, 0.25) is 0 Å². The fourth-order valence-electron chi connectivity index (χ4n) is 3.04. The SMILES string of the molecule is CNCC1Cc2ccccc2CN1Cc1cncc(Br)c1. The van der Waals surface area contributed by atoms with E-state index in [1.165, 1.54) is 16.7 Å². The molecule has 0 amide bonds. The fourth-order valence-corrected chi connectivity index (χ4v) is 3.45. The summed E-state index contributed by atoms with van der Waals surface area (Å²) in [6.07, 6.45) is 4.90. The molecule has 1 atom stereocenters. The van der Waals surface area contributed by atoms with Crippen LogP contribution in [0.5, 0.6) is 0 Å². The summed E-state index contributed by atoms with van der Waals surface area (Å²) in [6.45, 7) is 2.96. The minimum Gasteiger partial charge on any atom is -0.318 e. The van der Waals surface area contributed by atoms with Crippen molar-refractivity contribution in [3.8, 4) is 0 Å². The number of benzene rings is 1. The van der Waals surface area contributed by atoms with Crippen LogP contribution in [0.4, 0.5) is 0 Å². The van der Waals surface area contributed by atoms with Crippen molar-refractivity contribution in [3.63, 3.8) is 0 Å². The summed E-state index contributed by atoms with van der Waals surface area (Å²) in [4.78, 5) is 6.82. The number of rotatable bonds is 4. The van der Waals surface area contributed by atoms with E-state index in [1.807, 2.05) is 19.4 Å². The molecular weight excluding hydrogens is 326 g/mol. The molecule has 1 aliphatic heterocycles. The predicted molar refractivity (Wildman–Crippen MR) is 89.0 cm³/mol. The number of likely N-dealkylation sites (N-methyl/N-ethyl adjacent to an activating group) is 1. The van der Waals surface area contributed by atoms with Gasteiger partial charge in [-0.15, -0.1) is 0 Å². The van der Waals surface area contributed by atoms with Gasteiger partial charge in [-0.1, -0.05) is 24.3 Å². The van der Waals surface area contributed by atoms with Gasteiger partial charge in [0, 0.05) is 42.5 Å². The minimum absolute atomic E-state index is 0.531. The van der Waals surface area contributed by atoms with Crippen molar-refractivity contribution in [3.05, 3.63) is 63.9 Å². The molecule has 0 radical (unpaired) electrons. The summed E-state index contributed by atoms with van der Waals surface area (Å²) >= 11 is 3.51. The molecule has 110 valence electrons. The van der Waals surface area contributed by atoms with Gasteiger partial charge in [0.1, 0.15) is 0 Å². The highest BCUT2D eigenvalue weighted by Crippen LogP contribution is 2.25. The van der Waals surface area contributed by atoms with Crippen LogP contribution in [0.2, 0.25) is 0 Å². The van der Waals surface area contributed by atoms with Crippen molar-refractivity contribution >= 4 is 15.9 Å². The summed E-state index contributed by atoms with van der Waals surface area (Å²) in [7, 11) is 2.03. The quantitative estimate of drug-likeness (QED) is 0.923. The van der Waals surface area contributed by atoms with Crippen LogP contribution in [0.15, 0.2) is 47.2 Å². The average Bonchev–Trinajstić information content (AvgIpc) is 2.48. The van der Waals surface area contributed by atoms with Crippen LogP contribution in [0, 0.1) is 0 Å². The summed E-state index contributed by atoms with van der Waals surface area (Å²) in [5.41, 5.74) is 4.19. The number of fused-ring (bicyclic) bond motifs is 1. The molecular formula is C17H20BrN3. The lowest BCUT2D eigenvalue weighted by atomic mass is 9.93. The molecule has 2 aromatic rings. The van der Waals surface area contributed by atoms with Gasteiger partial charge in [0.25, 0.3) is 0 Å². The number of hydrogen-bond donors (Lipinski definition) is 1. The lowest BCUT2D eigenvalue weighted by Crippen LogP contribution is -2.45. The number of aromatic nitrogens is 1.